The fraction of sp³-hybridized carbons (Fsp3) is 0.567. The van der Waals surface area contributed by atoms with Gasteiger partial charge in [0.05, 0.1) is 39.4 Å². The number of hydrogen-bond donors (Lipinski definition) is 2. The number of pyridine rings is 1. The maximum atomic E-state index is 16.8. The van der Waals surface area contributed by atoms with Crippen molar-refractivity contribution in [1.82, 2.24) is 25.2 Å². The number of ether oxygens (including phenoxy) is 2. The molecule has 45 heavy (non-hydrogen) atoms. The first-order valence-corrected chi connectivity index (χ1v) is 15.4. The Morgan fingerprint density at radius 3 is 2.84 bits per heavy atom. The number of piperidine rings is 1. The van der Waals surface area contributed by atoms with E-state index in [4.69, 9.17) is 31.8 Å². The van der Waals surface area contributed by atoms with E-state index in [0.717, 1.165) is 38.4 Å². The Bertz CT molecular complexity index is 1680. The summed E-state index contributed by atoms with van der Waals surface area (Å²) >= 11 is 6.80. The number of hydrogen-bond acceptors (Lipinski definition) is 9. The molecule has 0 saturated carbocycles. The van der Waals surface area contributed by atoms with Gasteiger partial charge in [-0.05, 0) is 50.9 Å². The molecule has 3 aromatic rings. The zero-order chi connectivity index (χ0) is 31.8. The third-order valence-electron chi connectivity index (χ3n) is 9.79. The molecule has 0 spiro atoms. The van der Waals surface area contributed by atoms with Crippen LogP contribution in [-0.2, 0) is 6.18 Å². The Labute approximate surface area is 261 Å². The summed E-state index contributed by atoms with van der Waals surface area (Å²) in [5.41, 5.74) is 2.22. The van der Waals surface area contributed by atoms with Crippen LogP contribution >= 0.6 is 11.6 Å². The van der Waals surface area contributed by atoms with Gasteiger partial charge in [-0.3, -0.25) is 4.90 Å². The zero-order valence-corrected chi connectivity index (χ0v) is 25.5. The van der Waals surface area contributed by atoms with Crippen molar-refractivity contribution in [3.05, 3.63) is 28.0 Å². The first-order valence-electron chi connectivity index (χ1n) is 15.0. The van der Waals surface area contributed by atoms with Crippen LogP contribution in [0, 0.1) is 18.7 Å². The minimum absolute atomic E-state index is 0.00717. The van der Waals surface area contributed by atoms with Gasteiger partial charge in [0.2, 0.25) is 0 Å². The molecule has 2 aromatic heterocycles. The summed E-state index contributed by atoms with van der Waals surface area (Å²) in [4.78, 5) is 17.0. The molecule has 3 N–H and O–H groups in total. The third-order valence-corrected chi connectivity index (χ3v) is 10.2. The molecule has 0 radical (unpaired) electrons. The highest BCUT2D eigenvalue weighted by Gasteiger charge is 2.49. The van der Waals surface area contributed by atoms with Crippen molar-refractivity contribution in [2.75, 3.05) is 57.1 Å². The highest BCUT2D eigenvalue weighted by molar-refractivity contribution is 6.36. The molecule has 0 amide bonds. The normalized spacial score (nSPS) is 26.8. The standard InChI is InChI=1S/C30H33ClF5N7O2/c1-14-8-18(37)39-24(21(14)30(34,35)36)19-22(31)26-20-25(23(19)33)40-28(45-13-29-5-3-7-43(29)11-16(32)9-29)41-27(20)42(2)17-10-38-6-4-15(17)12-44-26/h8,15-17,38H,3-7,9-13H2,1-2H3,(H2,37,39)/t15?,16-,17?,29+/m1/s1. The number of rotatable bonds is 4. The average molecular weight is 654 g/mol. The first kappa shape index (κ1) is 30.4. The molecule has 9 nitrogen and oxygen atoms in total. The van der Waals surface area contributed by atoms with Crippen LogP contribution in [0.5, 0.6) is 11.8 Å². The van der Waals surface area contributed by atoms with Gasteiger partial charge in [-0.15, -0.1) is 0 Å². The molecule has 4 aliphatic rings. The fourth-order valence-electron chi connectivity index (χ4n) is 7.67. The van der Waals surface area contributed by atoms with Crippen molar-refractivity contribution >= 4 is 34.1 Å². The van der Waals surface area contributed by atoms with E-state index in [0.29, 0.717) is 19.5 Å². The van der Waals surface area contributed by atoms with E-state index in [1.807, 2.05) is 11.9 Å². The number of fused-ring (bicyclic) bond motifs is 2. The summed E-state index contributed by atoms with van der Waals surface area (Å²) in [6, 6.07) is 0.796. The Balaban J connectivity index is 1.45. The molecule has 4 atom stereocenters. The van der Waals surface area contributed by atoms with Crippen molar-refractivity contribution in [2.45, 2.75) is 56.5 Å². The number of alkyl halides is 4. The van der Waals surface area contributed by atoms with E-state index >= 15 is 4.39 Å². The molecule has 4 aliphatic heterocycles. The van der Waals surface area contributed by atoms with Gasteiger partial charge in [-0.2, -0.15) is 23.1 Å². The predicted octanol–water partition coefficient (Wildman–Crippen LogP) is 5.16. The number of aryl methyl sites for hydroxylation is 1. The summed E-state index contributed by atoms with van der Waals surface area (Å²) in [7, 11) is 1.82. The van der Waals surface area contributed by atoms with Gasteiger partial charge in [0, 0.05) is 38.5 Å². The third kappa shape index (κ3) is 4.99. The van der Waals surface area contributed by atoms with E-state index < -0.39 is 40.5 Å². The molecular formula is C30H33ClF5N7O2. The number of benzene rings is 1. The molecule has 242 valence electrons. The Morgan fingerprint density at radius 2 is 2.07 bits per heavy atom. The lowest BCUT2D eigenvalue weighted by molar-refractivity contribution is -0.137. The molecule has 3 fully saturated rings. The zero-order valence-electron chi connectivity index (χ0n) is 24.8. The minimum Gasteiger partial charge on any atom is -0.491 e. The molecule has 0 bridgehead atoms. The van der Waals surface area contributed by atoms with Crippen LogP contribution in [0.1, 0.15) is 36.8 Å². The highest BCUT2D eigenvalue weighted by Crippen LogP contribution is 2.50. The second kappa shape index (κ2) is 10.9. The number of nitrogens with two attached hydrogens (primary N) is 1. The summed E-state index contributed by atoms with van der Waals surface area (Å²) in [5.74, 6) is -1.15. The van der Waals surface area contributed by atoms with Crippen molar-refractivity contribution < 1.29 is 31.4 Å². The second-order valence-corrected chi connectivity index (χ2v) is 13.0. The van der Waals surface area contributed by atoms with Crippen molar-refractivity contribution in [3.63, 3.8) is 0 Å². The molecule has 0 aliphatic carbocycles. The van der Waals surface area contributed by atoms with Gasteiger partial charge in [-0.25, -0.2) is 13.8 Å². The van der Waals surface area contributed by atoms with Crippen LogP contribution in [0.25, 0.3) is 22.2 Å². The predicted molar refractivity (Wildman–Crippen MR) is 159 cm³/mol. The minimum atomic E-state index is -4.90. The summed E-state index contributed by atoms with van der Waals surface area (Å²) in [5, 5.41) is 3.09. The topological polar surface area (TPSA) is 102 Å². The molecule has 3 saturated heterocycles. The Hall–Kier alpha value is -3.23. The lowest BCUT2D eigenvalue weighted by Gasteiger charge is -2.41. The molecule has 15 heteroatoms. The SMILES string of the molecule is Cc1cc(N)nc(-c2c(Cl)c3c4c(nc(OC[C@@]56CCCN5C[C@H](F)C6)nc4c2F)N(C)C2CNCCC2CO3)c1C(F)(F)F. The monoisotopic (exact) mass is 653 g/mol. The maximum absolute atomic E-state index is 16.8. The number of anilines is 2. The number of likely N-dealkylation sites (N-methyl/N-ethyl adjacent to an activating group) is 1. The maximum Gasteiger partial charge on any atom is 0.418 e. The second-order valence-electron chi connectivity index (χ2n) is 12.6. The van der Waals surface area contributed by atoms with Crippen molar-refractivity contribution in [3.8, 4) is 23.0 Å². The van der Waals surface area contributed by atoms with E-state index in [1.165, 1.54) is 6.92 Å². The number of nitrogens with one attached hydrogen (secondary N) is 1. The molecular weight excluding hydrogens is 621 g/mol. The number of nitrogens with zero attached hydrogens (tertiary/aromatic N) is 5. The smallest absolute Gasteiger partial charge is 0.418 e. The van der Waals surface area contributed by atoms with Gasteiger partial charge in [0.1, 0.15) is 29.9 Å². The number of nitrogen functional groups attached to an aromatic ring is 1. The van der Waals surface area contributed by atoms with Crippen LogP contribution in [0.2, 0.25) is 5.02 Å². The number of halogens is 6. The van der Waals surface area contributed by atoms with Crippen LogP contribution in [0.15, 0.2) is 6.07 Å². The van der Waals surface area contributed by atoms with Crippen LogP contribution < -0.4 is 25.4 Å². The van der Waals surface area contributed by atoms with Gasteiger partial charge in [-0.1, -0.05) is 11.6 Å². The van der Waals surface area contributed by atoms with Gasteiger partial charge in [0.25, 0.3) is 0 Å². The molecule has 1 aromatic carbocycles. The Kier molecular flexibility index (Phi) is 7.40. The molecule has 7 rings (SSSR count). The first-order chi connectivity index (χ1) is 21.4. The van der Waals surface area contributed by atoms with Crippen molar-refractivity contribution in [1.29, 1.82) is 0 Å². The van der Waals surface area contributed by atoms with Gasteiger partial charge in [0.15, 0.2) is 11.6 Å². The van der Waals surface area contributed by atoms with Crippen LogP contribution in [0.4, 0.5) is 33.6 Å². The van der Waals surface area contributed by atoms with E-state index in [1.54, 1.807) is 0 Å². The van der Waals surface area contributed by atoms with E-state index in [2.05, 4.69) is 20.2 Å². The van der Waals surface area contributed by atoms with E-state index in [-0.39, 0.29) is 70.1 Å². The lowest BCUT2D eigenvalue weighted by Crippen LogP contribution is -2.52. The molecule has 2 unspecified atom stereocenters. The number of aromatic nitrogens is 3. The average Bonchev–Trinajstić information content (AvgIpc) is 3.49. The fourth-order valence-corrected chi connectivity index (χ4v) is 8.00. The van der Waals surface area contributed by atoms with Crippen LogP contribution in [0.3, 0.4) is 0 Å². The van der Waals surface area contributed by atoms with Crippen LogP contribution in [-0.4, -0.2) is 84.0 Å². The summed E-state index contributed by atoms with van der Waals surface area (Å²) < 4.78 is 86.8. The lowest BCUT2D eigenvalue weighted by atomic mass is 9.91. The summed E-state index contributed by atoms with van der Waals surface area (Å²) in [6.45, 7) is 3.91. The molecule has 6 heterocycles. The van der Waals surface area contributed by atoms with E-state index in [9.17, 15) is 17.6 Å². The highest BCUT2D eigenvalue weighted by atomic mass is 35.5. The quantitative estimate of drug-likeness (QED) is 0.370. The van der Waals surface area contributed by atoms with Gasteiger partial charge >= 0.3 is 12.2 Å². The van der Waals surface area contributed by atoms with Gasteiger partial charge < -0.3 is 25.4 Å². The summed E-state index contributed by atoms with van der Waals surface area (Å²) in [6.07, 6.45) is -3.20. The Morgan fingerprint density at radius 1 is 1.27 bits per heavy atom. The largest absolute Gasteiger partial charge is 0.491 e. The van der Waals surface area contributed by atoms with Crippen molar-refractivity contribution in [2.24, 2.45) is 5.92 Å².